The van der Waals surface area contributed by atoms with Gasteiger partial charge >= 0.3 is 0 Å². The molecule has 0 radical (unpaired) electrons. The molecule has 0 aliphatic rings. The highest BCUT2D eigenvalue weighted by atomic mass is 16.3. The van der Waals surface area contributed by atoms with Crippen molar-refractivity contribution in [3.8, 4) is 0 Å². The maximum absolute atomic E-state index is 10.2. The highest BCUT2D eigenvalue weighted by Crippen LogP contribution is 2.33. The lowest BCUT2D eigenvalue weighted by atomic mass is 9.78. The number of hydrogen-bond donors (Lipinski definition) is 1. The molecule has 1 aromatic rings. The Balaban J connectivity index is 2.73. The van der Waals surface area contributed by atoms with E-state index in [2.05, 4.69) is 40.7 Å². The van der Waals surface area contributed by atoms with Crippen molar-refractivity contribution < 1.29 is 5.11 Å². The van der Waals surface area contributed by atoms with Gasteiger partial charge in [-0.3, -0.25) is 0 Å². The molecular weight excluding hydrogens is 196 g/mol. The Hall–Kier alpha value is -0.820. The molecule has 0 spiro atoms. The summed E-state index contributed by atoms with van der Waals surface area (Å²) in [5.74, 6) is 0.502. The molecule has 0 amide bonds. The fourth-order valence-corrected chi connectivity index (χ4v) is 1.78. The van der Waals surface area contributed by atoms with Crippen LogP contribution in [0.1, 0.15) is 51.3 Å². The number of aryl methyl sites for hydroxylation is 1. The van der Waals surface area contributed by atoms with Gasteiger partial charge in [0.15, 0.2) is 0 Å². The molecule has 1 heteroatoms. The summed E-state index contributed by atoms with van der Waals surface area (Å²) in [4.78, 5) is 0. The molecule has 0 bridgehead atoms. The van der Waals surface area contributed by atoms with Crippen LogP contribution in [-0.4, -0.2) is 5.11 Å². The molecule has 0 aromatic heterocycles. The molecule has 1 nitrogen and oxygen atoms in total. The summed E-state index contributed by atoms with van der Waals surface area (Å²) >= 11 is 0. The summed E-state index contributed by atoms with van der Waals surface area (Å²) < 4.78 is 0. The SMILES string of the molecule is Cc1ccccc1C(O)CC(C)C(C)(C)C. The van der Waals surface area contributed by atoms with Gasteiger partial charge in [0, 0.05) is 0 Å². The molecule has 0 fully saturated rings. The van der Waals surface area contributed by atoms with Gasteiger partial charge in [-0.2, -0.15) is 0 Å². The fraction of sp³-hybridized carbons (Fsp3) is 0.600. The predicted molar refractivity (Wildman–Crippen MR) is 69.4 cm³/mol. The maximum Gasteiger partial charge on any atom is 0.0795 e. The van der Waals surface area contributed by atoms with E-state index in [-0.39, 0.29) is 11.5 Å². The molecule has 0 saturated heterocycles. The first-order valence-electron chi connectivity index (χ1n) is 6.06. The Bertz CT molecular complexity index is 336. The number of rotatable bonds is 3. The van der Waals surface area contributed by atoms with E-state index in [1.54, 1.807) is 0 Å². The summed E-state index contributed by atoms with van der Waals surface area (Å²) in [7, 11) is 0. The highest BCUT2D eigenvalue weighted by molar-refractivity contribution is 5.27. The molecule has 1 N–H and O–H groups in total. The Labute approximate surface area is 99.5 Å². The van der Waals surface area contributed by atoms with Crippen molar-refractivity contribution in [1.29, 1.82) is 0 Å². The molecule has 0 saturated carbocycles. The third kappa shape index (κ3) is 3.34. The summed E-state index contributed by atoms with van der Waals surface area (Å²) in [6.45, 7) is 10.9. The van der Waals surface area contributed by atoms with E-state index in [9.17, 15) is 5.11 Å². The van der Waals surface area contributed by atoms with Crippen molar-refractivity contribution in [3.63, 3.8) is 0 Å². The van der Waals surface area contributed by atoms with E-state index in [4.69, 9.17) is 0 Å². The third-order valence-corrected chi connectivity index (χ3v) is 3.60. The van der Waals surface area contributed by atoms with E-state index in [1.165, 1.54) is 5.56 Å². The van der Waals surface area contributed by atoms with Gasteiger partial charge < -0.3 is 5.11 Å². The van der Waals surface area contributed by atoms with Crippen molar-refractivity contribution in [2.24, 2.45) is 11.3 Å². The van der Waals surface area contributed by atoms with E-state index in [1.807, 2.05) is 18.2 Å². The minimum absolute atomic E-state index is 0.254. The molecule has 2 atom stereocenters. The summed E-state index contributed by atoms with van der Waals surface area (Å²) in [6.07, 6.45) is 0.490. The zero-order valence-electron chi connectivity index (χ0n) is 11.1. The average molecular weight is 220 g/mol. The van der Waals surface area contributed by atoms with Gasteiger partial charge in [-0.25, -0.2) is 0 Å². The lowest BCUT2D eigenvalue weighted by molar-refractivity contribution is 0.110. The number of hydrogen-bond acceptors (Lipinski definition) is 1. The number of benzene rings is 1. The Kier molecular flexibility index (Phi) is 4.15. The fourth-order valence-electron chi connectivity index (χ4n) is 1.78. The average Bonchev–Trinajstić information content (AvgIpc) is 2.16. The smallest absolute Gasteiger partial charge is 0.0795 e. The van der Waals surface area contributed by atoms with Crippen LogP contribution in [0.25, 0.3) is 0 Å². The lowest BCUT2D eigenvalue weighted by Gasteiger charge is -2.29. The van der Waals surface area contributed by atoms with Crippen molar-refractivity contribution in [1.82, 2.24) is 0 Å². The van der Waals surface area contributed by atoms with Gasteiger partial charge in [-0.1, -0.05) is 52.0 Å². The largest absolute Gasteiger partial charge is 0.388 e. The van der Waals surface area contributed by atoms with Crippen LogP contribution >= 0.6 is 0 Å². The quantitative estimate of drug-likeness (QED) is 0.813. The van der Waals surface area contributed by atoms with Gasteiger partial charge in [-0.05, 0) is 35.8 Å². The Morgan fingerprint density at radius 1 is 1.19 bits per heavy atom. The molecule has 90 valence electrons. The molecule has 1 rings (SSSR count). The summed E-state index contributed by atoms with van der Waals surface area (Å²) in [5.41, 5.74) is 2.50. The predicted octanol–water partition coefficient (Wildman–Crippen LogP) is 4.10. The minimum Gasteiger partial charge on any atom is -0.388 e. The molecule has 2 unspecified atom stereocenters. The molecule has 0 aliphatic carbocycles. The van der Waals surface area contributed by atoms with Gasteiger partial charge in [-0.15, -0.1) is 0 Å². The van der Waals surface area contributed by atoms with Crippen molar-refractivity contribution in [2.45, 2.75) is 47.1 Å². The number of aliphatic hydroxyl groups is 1. The van der Waals surface area contributed by atoms with E-state index in [0.717, 1.165) is 12.0 Å². The summed E-state index contributed by atoms with van der Waals surface area (Å²) in [5, 5.41) is 10.2. The first kappa shape index (κ1) is 13.2. The second kappa shape index (κ2) is 5.01. The van der Waals surface area contributed by atoms with Crippen LogP contribution in [0.4, 0.5) is 0 Å². The van der Waals surface area contributed by atoms with Gasteiger partial charge in [0.2, 0.25) is 0 Å². The second-order valence-electron chi connectivity index (χ2n) is 5.88. The second-order valence-corrected chi connectivity index (χ2v) is 5.88. The van der Waals surface area contributed by atoms with Gasteiger partial charge in [0.25, 0.3) is 0 Å². The minimum atomic E-state index is -0.338. The van der Waals surface area contributed by atoms with Crippen molar-refractivity contribution in [3.05, 3.63) is 35.4 Å². The first-order chi connectivity index (χ1) is 7.32. The normalized spacial score (nSPS) is 15.9. The molecule has 16 heavy (non-hydrogen) atoms. The summed E-state index contributed by atoms with van der Waals surface area (Å²) in [6, 6.07) is 8.09. The Morgan fingerprint density at radius 2 is 1.75 bits per heavy atom. The zero-order valence-corrected chi connectivity index (χ0v) is 11.1. The van der Waals surface area contributed by atoms with Crippen molar-refractivity contribution in [2.75, 3.05) is 0 Å². The highest BCUT2D eigenvalue weighted by Gasteiger charge is 2.23. The first-order valence-corrected chi connectivity index (χ1v) is 6.06. The topological polar surface area (TPSA) is 20.2 Å². The zero-order chi connectivity index (χ0) is 12.3. The molecule has 0 heterocycles. The van der Waals surface area contributed by atoms with Gasteiger partial charge in [0.1, 0.15) is 0 Å². The molecular formula is C15H24O. The third-order valence-electron chi connectivity index (χ3n) is 3.60. The van der Waals surface area contributed by atoms with Gasteiger partial charge in [0.05, 0.1) is 6.10 Å². The van der Waals surface area contributed by atoms with Crippen LogP contribution in [-0.2, 0) is 0 Å². The van der Waals surface area contributed by atoms with Crippen LogP contribution in [0.15, 0.2) is 24.3 Å². The van der Waals surface area contributed by atoms with E-state index < -0.39 is 0 Å². The lowest BCUT2D eigenvalue weighted by Crippen LogP contribution is -2.20. The Morgan fingerprint density at radius 3 is 2.25 bits per heavy atom. The maximum atomic E-state index is 10.2. The van der Waals surface area contributed by atoms with Crippen molar-refractivity contribution >= 4 is 0 Å². The van der Waals surface area contributed by atoms with Crippen LogP contribution in [0.5, 0.6) is 0 Å². The van der Waals surface area contributed by atoms with Crippen LogP contribution in [0, 0.1) is 18.3 Å². The van der Waals surface area contributed by atoms with E-state index >= 15 is 0 Å². The monoisotopic (exact) mass is 220 g/mol. The standard InChI is InChI=1S/C15H24O/c1-11-8-6-7-9-13(11)14(16)10-12(2)15(3,4)5/h6-9,12,14,16H,10H2,1-5H3. The van der Waals surface area contributed by atoms with Crippen LogP contribution in [0.3, 0.4) is 0 Å². The van der Waals surface area contributed by atoms with Crippen LogP contribution in [0.2, 0.25) is 0 Å². The number of aliphatic hydroxyl groups excluding tert-OH is 1. The molecule has 0 aliphatic heterocycles. The molecule has 1 aromatic carbocycles. The van der Waals surface area contributed by atoms with E-state index in [0.29, 0.717) is 5.92 Å². The van der Waals surface area contributed by atoms with Crippen LogP contribution < -0.4 is 0 Å².